The van der Waals surface area contributed by atoms with Crippen LogP contribution in [0.2, 0.25) is 0 Å². The Morgan fingerprint density at radius 1 is 1.31 bits per heavy atom. The second kappa shape index (κ2) is 3.63. The number of carbonyl (C=O) groups excluding carboxylic acids is 2. The molecule has 16 heavy (non-hydrogen) atoms. The molecule has 1 aliphatic rings. The first-order valence-corrected chi connectivity index (χ1v) is 5.54. The zero-order valence-corrected chi connectivity index (χ0v) is 10.6. The van der Waals surface area contributed by atoms with Gasteiger partial charge in [-0.15, -0.1) is 0 Å². The van der Waals surface area contributed by atoms with Crippen molar-refractivity contribution in [1.82, 2.24) is 0 Å². The molecule has 0 atom stereocenters. The lowest BCUT2D eigenvalue weighted by Gasteiger charge is -2.03. The average Bonchev–Trinajstić information content (AvgIpc) is 2.45. The number of rotatable bonds is 1. The number of Topliss-reactive ketones (excluding diaryl/α,β-unsaturated/α-hetero) is 1. The van der Waals surface area contributed by atoms with Crippen LogP contribution in [-0.4, -0.2) is 16.6 Å². The van der Waals surface area contributed by atoms with Gasteiger partial charge in [0.1, 0.15) is 10.0 Å². The average molecular weight is 350 g/mol. The minimum atomic E-state index is -0.894. The van der Waals surface area contributed by atoms with Crippen molar-refractivity contribution in [3.05, 3.63) is 30.7 Å². The maximum Gasteiger partial charge on any atom is 0.298 e. The first-order valence-electron chi connectivity index (χ1n) is 3.95. The topological polar surface area (TPSA) is 89.3 Å². The second-order valence-electron chi connectivity index (χ2n) is 2.98. The Bertz CT molecular complexity index is 555. The number of carbonyl (C=O) groups is 2. The number of hydrogen-bond donors (Lipinski definition) is 1. The van der Waals surface area contributed by atoms with E-state index >= 15 is 0 Å². The number of ketones is 1. The van der Waals surface area contributed by atoms with E-state index < -0.39 is 22.3 Å². The summed E-state index contributed by atoms with van der Waals surface area (Å²) in [5, 5.41) is 13.1. The number of amides is 1. The van der Waals surface area contributed by atoms with Gasteiger partial charge in [-0.2, -0.15) is 0 Å². The highest BCUT2D eigenvalue weighted by Gasteiger charge is 2.38. The van der Waals surface area contributed by atoms with E-state index in [0.29, 0.717) is 4.47 Å². The van der Waals surface area contributed by atoms with Gasteiger partial charge in [-0.05, 0) is 37.9 Å². The summed E-state index contributed by atoms with van der Waals surface area (Å²) in [6.45, 7) is 0. The van der Waals surface area contributed by atoms with Gasteiger partial charge in [0, 0.05) is 4.47 Å². The predicted molar refractivity (Wildman–Crippen MR) is 61.5 cm³/mol. The Hall–Kier alpha value is -1.28. The largest absolute Gasteiger partial charge is 0.318 e. The summed E-state index contributed by atoms with van der Waals surface area (Å²) in [7, 11) is 0. The lowest BCUT2D eigenvalue weighted by atomic mass is 10.1. The molecule has 1 aromatic carbocycles. The van der Waals surface area contributed by atoms with Gasteiger partial charge in [0.25, 0.3) is 17.4 Å². The van der Waals surface area contributed by atoms with E-state index in [0.717, 1.165) is 0 Å². The minimum absolute atomic E-state index is 0.140. The van der Waals surface area contributed by atoms with Crippen molar-refractivity contribution in [2.45, 2.75) is 0 Å². The third-order valence-electron chi connectivity index (χ3n) is 2.06. The molecule has 2 rings (SSSR count). The van der Waals surface area contributed by atoms with Crippen LogP contribution in [-0.2, 0) is 4.79 Å². The molecule has 0 aromatic heterocycles. The van der Waals surface area contributed by atoms with E-state index in [4.69, 9.17) is 0 Å². The van der Waals surface area contributed by atoms with E-state index in [1.54, 1.807) is 0 Å². The Morgan fingerprint density at radius 2 is 1.94 bits per heavy atom. The molecule has 0 radical (unpaired) electrons. The SMILES string of the molecule is O=C1Nc2cc(Br)c(Br)c([N+](=O)[O-])c2C1=O. The van der Waals surface area contributed by atoms with E-state index in [1.807, 2.05) is 0 Å². The van der Waals surface area contributed by atoms with Crippen molar-refractivity contribution in [1.29, 1.82) is 0 Å². The van der Waals surface area contributed by atoms with Crippen molar-refractivity contribution >= 4 is 54.9 Å². The Morgan fingerprint density at radius 3 is 2.50 bits per heavy atom. The number of nitro groups is 1. The number of hydrogen-bond acceptors (Lipinski definition) is 4. The molecule has 1 heterocycles. The molecule has 1 aromatic rings. The van der Waals surface area contributed by atoms with Gasteiger partial charge in [-0.3, -0.25) is 19.7 Å². The van der Waals surface area contributed by atoms with Gasteiger partial charge in [-0.1, -0.05) is 0 Å². The van der Waals surface area contributed by atoms with Crippen LogP contribution in [0.4, 0.5) is 11.4 Å². The van der Waals surface area contributed by atoms with Gasteiger partial charge in [0.15, 0.2) is 0 Å². The van der Waals surface area contributed by atoms with Crippen molar-refractivity contribution in [3.63, 3.8) is 0 Å². The van der Waals surface area contributed by atoms with Crippen LogP contribution in [0.3, 0.4) is 0 Å². The molecular formula is C8H2Br2N2O4. The van der Waals surface area contributed by atoms with Crippen molar-refractivity contribution in [3.8, 4) is 0 Å². The fourth-order valence-corrected chi connectivity index (χ4v) is 2.28. The van der Waals surface area contributed by atoms with E-state index in [2.05, 4.69) is 37.2 Å². The number of nitrogens with one attached hydrogen (secondary N) is 1. The number of benzene rings is 1. The Kier molecular flexibility index (Phi) is 2.55. The molecular weight excluding hydrogens is 348 g/mol. The van der Waals surface area contributed by atoms with Gasteiger partial charge in [0.2, 0.25) is 0 Å². The number of fused-ring (bicyclic) bond motifs is 1. The highest BCUT2D eigenvalue weighted by atomic mass is 79.9. The van der Waals surface area contributed by atoms with Crippen molar-refractivity contribution < 1.29 is 14.5 Å². The summed E-state index contributed by atoms with van der Waals surface area (Å²) in [6, 6.07) is 1.44. The van der Waals surface area contributed by atoms with Gasteiger partial charge in [-0.25, -0.2) is 0 Å². The fraction of sp³-hybridized carbons (Fsp3) is 0. The Labute approximate surface area is 105 Å². The summed E-state index contributed by atoms with van der Waals surface area (Å²) in [4.78, 5) is 32.7. The number of nitrogens with zero attached hydrogens (tertiary/aromatic N) is 1. The molecule has 1 amide bonds. The number of halogens is 2. The first kappa shape index (κ1) is 11.2. The number of anilines is 1. The fourth-order valence-electron chi connectivity index (χ4n) is 1.41. The quantitative estimate of drug-likeness (QED) is 0.478. The molecule has 0 saturated heterocycles. The van der Waals surface area contributed by atoms with E-state index in [9.17, 15) is 19.7 Å². The molecule has 0 saturated carbocycles. The van der Waals surface area contributed by atoms with Crippen molar-refractivity contribution in [2.24, 2.45) is 0 Å². The molecule has 8 heteroatoms. The summed E-state index contributed by atoms with van der Waals surface area (Å²) in [5.41, 5.74) is -0.463. The van der Waals surface area contributed by atoms with E-state index in [1.165, 1.54) is 6.07 Å². The third-order valence-corrected chi connectivity index (χ3v) is 4.02. The standard InChI is InChI=1S/C8H2Br2N2O4/c9-2-1-3-4(7(13)8(14)11-3)6(5(2)10)12(15)16/h1H,(H,11,13,14). The van der Waals surface area contributed by atoms with Crippen LogP contribution < -0.4 is 5.32 Å². The monoisotopic (exact) mass is 348 g/mol. The predicted octanol–water partition coefficient (Wildman–Crippen LogP) is 2.25. The van der Waals surface area contributed by atoms with Crippen LogP contribution in [0, 0.1) is 10.1 Å². The lowest BCUT2D eigenvalue weighted by molar-refractivity contribution is -0.385. The molecule has 0 aliphatic carbocycles. The lowest BCUT2D eigenvalue weighted by Crippen LogP contribution is -2.13. The molecule has 6 nitrogen and oxygen atoms in total. The molecule has 1 N–H and O–H groups in total. The second-order valence-corrected chi connectivity index (χ2v) is 4.63. The zero-order valence-electron chi connectivity index (χ0n) is 7.41. The van der Waals surface area contributed by atoms with Crippen LogP contribution >= 0.6 is 31.9 Å². The maximum absolute atomic E-state index is 11.4. The highest BCUT2D eigenvalue weighted by Crippen LogP contribution is 2.42. The van der Waals surface area contributed by atoms with E-state index in [-0.39, 0.29) is 15.7 Å². The molecule has 0 spiro atoms. The summed E-state index contributed by atoms with van der Waals surface area (Å²) in [5.74, 6) is -1.75. The summed E-state index contributed by atoms with van der Waals surface area (Å²) >= 11 is 6.10. The van der Waals surface area contributed by atoms with Crippen LogP contribution in [0.1, 0.15) is 10.4 Å². The summed E-state index contributed by atoms with van der Waals surface area (Å²) < 4.78 is 0.536. The third kappa shape index (κ3) is 1.45. The van der Waals surface area contributed by atoms with Crippen LogP contribution in [0.15, 0.2) is 15.0 Å². The molecule has 0 bridgehead atoms. The van der Waals surface area contributed by atoms with Gasteiger partial charge < -0.3 is 5.32 Å². The maximum atomic E-state index is 11.4. The molecule has 1 aliphatic heterocycles. The van der Waals surface area contributed by atoms with Gasteiger partial charge in [0.05, 0.1) is 10.6 Å². The van der Waals surface area contributed by atoms with Crippen LogP contribution in [0.25, 0.3) is 0 Å². The van der Waals surface area contributed by atoms with Crippen LogP contribution in [0.5, 0.6) is 0 Å². The molecule has 0 fully saturated rings. The number of nitro benzene ring substituents is 1. The summed E-state index contributed by atoms with van der Waals surface area (Å²) in [6.07, 6.45) is 0. The smallest absolute Gasteiger partial charge is 0.298 e. The highest BCUT2D eigenvalue weighted by molar-refractivity contribution is 9.13. The zero-order chi connectivity index (χ0) is 12.0. The normalized spacial score (nSPS) is 13.6. The van der Waals surface area contributed by atoms with Gasteiger partial charge >= 0.3 is 0 Å². The molecule has 82 valence electrons. The first-order chi connectivity index (χ1) is 7.43. The minimum Gasteiger partial charge on any atom is -0.318 e. The molecule has 0 unspecified atom stereocenters. The Balaban J connectivity index is 2.84. The van der Waals surface area contributed by atoms with Crippen molar-refractivity contribution in [2.75, 3.05) is 5.32 Å².